The van der Waals surface area contributed by atoms with Crippen LogP contribution in [-0.4, -0.2) is 15.6 Å². The van der Waals surface area contributed by atoms with Crippen LogP contribution >= 0.6 is 0 Å². The molecule has 2 heteroatoms. The number of hydrogen-bond donors (Lipinski definition) is 0. The van der Waals surface area contributed by atoms with E-state index in [0.717, 1.165) is 0 Å². The summed E-state index contributed by atoms with van der Waals surface area (Å²) in [6.45, 7) is 2.56. The fourth-order valence-electron chi connectivity index (χ4n) is 0.993. The van der Waals surface area contributed by atoms with E-state index in [1.54, 1.807) is 0 Å². The summed E-state index contributed by atoms with van der Waals surface area (Å²) in [5, 5.41) is 1.30. The van der Waals surface area contributed by atoms with Gasteiger partial charge in [0.15, 0.2) is 0 Å². The predicted octanol–water partition coefficient (Wildman–Crippen LogP) is 0.897. The van der Waals surface area contributed by atoms with Crippen molar-refractivity contribution in [2.45, 2.75) is 6.55 Å². The molecule has 1 unspecified atom stereocenters. The maximum Gasteiger partial charge on any atom is 0.206 e. The van der Waals surface area contributed by atoms with E-state index >= 15 is 0 Å². The maximum atomic E-state index is 5.48. The van der Waals surface area contributed by atoms with Gasteiger partial charge in [0.1, 0.15) is 0 Å². The fraction of sp³-hybridized carbons (Fsp3) is 0.200. The molecule has 0 bridgehead atoms. The van der Waals surface area contributed by atoms with Crippen LogP contribution in [0.1, 0.15) is 0 Å². The number of rotatable bonds is 3. The van der Waals surface area contributed by atoms with Gasteiger partial charge in [0, 0.05) is 0 Å². The monoisotopic (exact) mass is 176 g/mol. The molecular formula is C10H12OSi. The molecule has 12 heavy (non-hydrogen) atoms. The van der Waals surface area contributed by atoms with Gasteiger partial charge < -0.3 is 4.43 Å². The molecule has 1 nitrogen and oxygen atoms in total. The van der Waals surface area contributed by atoms with Gasteiger partial charge in [-0.15, -0.1) is 6.42 Å². The molecule has 0 heterocycles. The summed E-state index contributed by atoms with van der Waals surface area (Å²) in [6, 6.07) is 10.2. The standard InChI is InChI=1S/C10H12OSi/c1-3-9-11-12(2)10-7-5-4-6-8-10/h1,4-8,12H,9H2,2H3. The van der Waals surface area contributed by atoms with Gasteiger partial charge in [-0.1, -0.05) is 36.3 Å². The summed E-state index contributed by atoms with van der Waals surface area (Å²) >= 11 is 0. The van der Waals surface area contributed by atoms with Crippen molar-refractivity contribution in [2.24, 2.45) is 0 Å². The van der Waals surface area contributed by atoms with Crippen molar-refractivity contribution in [3.63, 3.8) is 0 Å². The zero-order valence-corrected chi connectivity index (χ0v) is 8.31. The van der Waals surface area contributed by atoms with Crippen LogP contribution in [0.3, 0.4) is 0 Å². The Labute approximate surface area is 75.1 Å². The smallest absolute Gasteiger partial charge is 0.206 e. The van der Waals surface area contributed by atoms with E-state index in [1.807, 2.05) is 18.2 Å². The Hall–Kier alpha value is -1.04. The van der Waals surface area contributed by atoms with Crippen LogP contribution in [0.5, 0.6) is 0 Å². The third-order valence-electron chi connectivity index (χ3n) is 1.69. The Kier molecular flexibility index (Phi) is 3.59. The molecule has 0 aliphatic carbocycles. The lowest BCUT2D eigenvalue weighted by molar-refractivity contribution is 0.387. The minimum atomic E-state index is -1.22. The zero-order valence-electron chi connectivity index (χ0n) is 7.16. The maximum absolute atomic E-state index is 5.48. The Morgan fingerprint density at radius 3 is 2.67 bits per heavy atom. The summed E-state index contributed by atoms with van der Waals surface area (Å²) in [7, 11) is -1.22. The average Bonchev–Trinajstić information content (AvgIpc) is 2.15. The minimum Gasteiger partial charge on any atom is -0.405 e. The SMILES string of the molecule is C#CCO[SiH](C)c1ccccc1. The Balaban J connectivity index is 2.55. The average molecular weight is 176 g/mol. The highest BCUT2D eigenvalue weighted by Gasteiger charge is 2.05. The van der Waals surface area contributed by atoms with Gasteiger partial charge in [0.2, 0.25) is 9.04 Å². The normalized spacial score (nSPS) is 12.0. The number of benzene rings is 1. The zero-order chi connectivity index (χ0) is 8.81. The van der Waals surface area contributed by atoms with Gasteiger partial charge in [0.25, 0.3) is 0 Å². The van der Waals surface area contributed by atoms with Crippen molar-refractivity contribution < 1.29 is 4.43 Å². The molecule has 0 fully saturated rings. The second-order valence-corrected chi connectivity index (χ2v) is 4.85. The molecule has 1 rings (SSSR count). The van der Waals surface area contributed by atoms with Crippen molar-refractivity contribution in [1.29, 1.82) is 0 Å². The minimum absolute atomic E-state index is 0.433. The summed E-state index contributed by atoms with van der Waals surface area (Å²) < 4.78 is 5.48. The summed E-state index contributed by atoms with van der Waals surface area (Å²) in [4.78, 5) is 0. The van der Waals surface area contributed by atoms with E-state index in [-0.39, 0.29) is 0 Å². The lowest BCUT2D eigenvalue weighted by Crippen LogP contribution is -2.29. The Morgan fingerprint density at radius 2 is 2.08 bits per heavy atom. The summed E-state index contributed by atoms with van der Waals surface area (Å²) in [5.74, 6) is 2.48. The van der Waals surface area contributed by atoms with Crippen LogP contribution < -0.4 is 5.19 Å². The molecule has 1 aromatic carbocycles. The molecule has 0 aliphatic rings. The molecule has 0 radical (unpaired) electrons. The van der Waals surface area contributed by atoms with E-state index in [0.29, 0.717) is 6.61 Å². The molecule has 62 valence electrons. The second kappa shape index (κ2) is 4.76. The quantitative estimate of drug-likeness (QED) is 0.491. The van der Waals surface area contributed by atoms with E-state index in [9.17, 15) is 0 Å². The third-order valence-corrected chi connectivity index (χ3v) is 3.68. The van der Waals surface area contributed by atoms with Gasteiger partial charge in [-0.25, -0.2) is 0 Å². The molecular weight excluding hydrogens is 164 g/mol. The topological polar surface area (TPSA) is 9.23 Å². The molecule has 0 spiro atoms. The van der Waals surface area contributed by atoms with Gasteiger partial charge >= 0.3 is 0 Å². The highest BCUT2D eigenvalue weighted by molar-refractivity contribution is 6.66. The van der Waals surface area contributed by atoms with Crippen LogP contribution in [0.4, 0.5) is 0 Å². The summed E-state index contributed by atoms with van der Waals surface area (Å²) in [6.07, 6.45) is 5.10. The largest absolute Gasteiger partial charge is 0.405 e. The van der Waals surface area contributed by atoms with E-state index in [2.05, 4.69) is 24.6 Å². The first-order chi connectivity index (χ1) is 5.84. The third kappa shape index (κ3) is 2.53. The number of hydrogen-bond acceptors (Lipinski definition) is 1. The van der Waals surface area contributed by atoms with Gasteiger partial charge in [0.05, 0.1) is 6.61 Å². The molecule has 0 aliphatic heterocycles. The van der Waals surface area contributed by atoms with Gasteiger partial charge in [-0.05, 0) is 11.7 Å². The van der Waals surface area contributed by atoms with Crippen LogP contribution in [-0.2, 0) is 4.43 Å². The van der Waals surface area contributed by atoms with E-state index in [1.165, 1.54) is 5.19 Å². The molecule has 1 aromatic rings. The summed E-state index contributed by atoms with van der Waals surface area (Å²) in [5.41, 5.74) is 0. The fourth-order valence-corrected chi connectivity index (χ4v) is 2.30. The van der Waals surface area contributed by atoms with Crippen LogP contribution in [0.25, 0.3) is 0 Å². The lowest BCUT2D eigenvalue weighted by atomic mass is 10.4. The van der Waals surface area contributed by atoms with Crippen molar-refractivity contribution in [1.82, 2.24) is 0 Å². The molecule has 0 saturated heterocycles. The van der Waals surface area contributed by atoms with Crippen LogP contribution in [0.15, 0.2) is 30.3 Å². The van der Waals surface area contributed by atoms with Crippen LogP contribution in [0, 0.1) is 12.3 Å². The highest BCUT2D eigenvalue weighted by Crippen LogP contribution is 1.89. The van der Waals surface area contributed by atoms with E-state index in [4.69, 9.17) is 10.8 Å². The van der Waals surface area contributed by atoms with Crippen molar-refractivity contribution in [3.05, 3.63) is 30.3 Å². The first-order valence-corrected chi connectivity index (χ1v) is 6.15. The first-order valence-electron chi connectivity index (χ1n) is 3.94. The highest BCUT2D eigenvalue weighted by atomic mass is 28.3. The van der Waals surface area contributed by atoms with Crippen molar-refractivity contribution >= 4 is 14.2 Å². The van der Waals surface area contributed by atoms with Crippen LogP contribution in [0.2, 0.25) is 6.55 Å². The number of terminal acetylenes is 1. The van der Waals surface area contributed by atoms with Gasteiger partial charge in [-0.2, -0.15) is 0 Å². The molecule has 0 saturated carbocycles. The molecule has 1 atom stereocenters. The van der Waals surface area contributed by atoms with Crippen molar-refractivity contribution in [2.75, 3.05) is 6.61 Å². The predicted molar refractivity (Wildman–Crippen MR) is 53.9 cm³/mol. The Bertz CT molecular complexity index is 263. The van der Waals surface area contributed by atoms with E-state index < -0.39 is 9.04 Å². The molecule has 0 aromatic heterocycles. The molecule has 0 N–H and O–H groups in total. The lowest BCUT2D eigenvalue weighted by Gasteiger charge is -2.08. The second-order valence-electron chi connectivity index (χ2n) is 2.57. The van der Waals surface area contributed by atoms with Gasteiger partial charge in [-0.3, -0.25) is 0 Å². The van der Waals surface area contributed by atoms with Crippen molar-refractivity contribution in [3.8, 4) is 12.3 Å². The Morgan fingerprint density at radius 1 is 1.42 bits per heavy atom. The molecule has 0 amide bonds. The first kappa shape index (κ1) is 9.05.